The number of anilines is 1. The Morgan fingerprint density at radius 2 is 1.83 bits per heavy atom. The molecular weight excluding hydrogens is 369 g/mol. The fraction of sp³-hybridized carbons (Fsp3) is 0.130. The van der Waals surface area contributed by atoms with Crippen molar-refractivity contribution in [1.82, 2.24) is 9.55 Å². The molecule has 0 aliphatic heterocycles. The minimum atomic E-state index is -0.332. The zero-order valence-electron chi connectivity index (χ0n) is 15.9. The van der Waals surface area contributed by atoms with Gasteiger partial charge >= 0.3 is 0 Å². The Hall–Kier alpha value is -3.67. The monoisotopic (exact) mass is 389 g/mol. The summed E-state index contributed by atoms with van der Waals surface area (Å²) in [6.45, 7) is 2.07. The maximum atomic E-state index is 13.3. The van der Waals surface area contributed by atoms with Gasteiger partial charge in [-0.25, -0.2) is 9.37 Å². The van der Waals surface area contributed by atoms with E-state index in [9.17, 15) is 9.18 Å². The number of aromatic nitrogens is 2. The van der Waals surface area contributed by atoms with E-state index in [2.05, 4.69) is 10.3 Å². The smallest absolute Gasteiger partial charge is 0.244 e. The lowest BCUT2D eigenvalue weighted by Gasteiger charge is -2.12. The standard InChI is InChI=1S/C23H20FN3O2/c1-16-13-17(24)11-12-19(16)26-23(28)14-27-21-10-6-5-9-20(21)25-22(27)15-29-18-7-3-2-4-8-18/h2-13H,14-15H2,1H3,(H,26,28). The fourth-order valence-electron chi connectivity index (χ4n) is 3.18. The summed E-state index contributed by atoms with van der Waals surface area (Å²) in [7, 11) is 0. The minimum absolute atomic E-state index is 0.0742. The number of nitrogens with one attached hydrogen (secondary N) is 1. The molecule has 0 radical (unpaired) electrons. The number of amides is 1. The number of hydrogen-bond donors (Lipinski definition) is 1. The van der Waals surface area contributed by atoms with E-state index in [-0.39, 0.29) is 24.9 Å². The van der Waals surface area contributed by atoms with E-state index in [0.717, 1.165) is 16.8 Å². The Kier molecular flexibility index (Phi) is 5.24. The van der Waals surface area contributed by atoms with E-state index in [1.54, 1.807) is 13.0 Å². The first-order valence-electron chi connectivity index (χ1n) is 9.28. The number of rotatable bonds is 6. The lowest BCUT2D eigenvalue weighted by Crippen LogP contribution is -2.21. The molecule has 4 rings (SSSR count). The SMILES string of the molecule is Cc1cc(F)ccc1NC(=O)Cn1c(COc2ccccc2)nc2ccccc21. The second kappa shape index (κ2) is 8.14. The van der Waals surface area contributed by atoms with Gasteiger partial charge in [0.2, 0.25) is 5.91 Å². The number of halogens is 1. The number of carbonyl (C=O) groups is 1. The van der Waals surface area contributed by atoms with Crippen LogP contribution in [-0.2, 0) is 17.9 Å². The van der Waals surface area contributed by atoms with Crippen molar-refractivity contribution in [1.29, 1.82) is 0 Å². The quantitative estimate of drug-likeness (QED) is 0.520. The van der Waals surface area contributed by atoms with Crippen LogP contribution in [0.4, 0.5) is 10.1 Å². The molecule has 29 heavy (non-hydrogen) atoms. The molecule has 0 aliphatic carbocycles. The zero-order chi connectivity index (χ0) is 20.2. The third kappa shape index (κ3) is 4.27. The Labute approximate surface area is 167 Å². The van der Waals surface area contributed by atoms with Gasteiger partial charge in [0.05, 0.1) is 11.0 Å². The van der Waals surface area contributed by atoms with Gasteiger partial charge in [-0.05, 0) is 55.0 Å². The van der Waals surface area contributed by atoms with Crippen molar-refractivity contribution < 1.29 is 13.9 Å². The Morgan fingerprint density at radius 1 is 1.07 bits per heavy atom. The maximum absolute atomic E-state index is 13.3. The highest BCUT2D eigenvalue weighted by Crippen LogP contribution is 2.20. The first kappa shape index (κ1) is 18.7. The van der Waals surface area contributed by atoms with Gasteiger partial charge in [-0.3, -0.25) is 4.79 Å². The van der Waals surface area contributed by atoms with Gasteiger partial charge in [0.25, 0.3) is 0 Å². The van der Waals surface area contributed by atoms with Crippen molar-refractivity contribution in [3.8, 4) is 5.75 Å². The fourth-order valence-corrected chi connectivity index (χ4v) is 3.18. The first-order chi connectivity index (χ1) is 14.1. The molecule has 0 fully saturated rings. The van der Waals surface area contributed by atoms with Gasteiger partial charge in [0.1, 0.15) is 30.5 Å². The van der Waals surface area contributed by atoms with Crippen LogP contribution in [0.1, 0.15) is 11.4 Å². The van der Waals surface area contributed by atoms with Gasteiger partial charge in [0, 0.05) is 5.69 Å². The van der Waals surface area contributed by atoms with E-state index in [4.69, 9.17) is 4.74 Å². The summed E-state index contributed by atoms with van der Waals surface area (Å²) < 4.78 is 21.0. The molecule has 3 aromatic carbocycles. The van der Waals surface area contributed by atoms with Crippen molar-refractivity contribution >= 4 is 22.6 Å². The number of para-hydroxylation sites is 3. The molecule has 5 nitrogen and oxygen atoms in total. The first-order valence-corrected chi connectivity index (χ1v) is 9.28. The molecule has 1 N–H and O–H groups in total. The number of benzene rings is 3. The Morgan fingerprint density at radius 3 is 2.62 bits per heavy atom. The number of aryl methyl sites for hydroxylation is 1. The third-order valence-electron chi connectivity index (χ3n) is 4.61. The molecule has 1 aromatic heterocycles. The van der Waals surface area contributed by atoms with Gasteiger partial charge in [0.15, 0.2) is 0 Å². The van der Waals surface area contributed by atoms with Crippen LogP contribution in [0.2, 0.25) is 0 Å². The van der Waals surface area contributed by atoms with Crippen molar-refractivity contribution in [2.75, 3.05) is 5.32 Å². The van der Waals surface area contributed by atoms with Gasteiger partial charge in [-0.1, -0.05) is 30.3 Å². The number of ether oxygens (including phenoxy) is 1. The molecular formula is C23H20FN3O2. The van der Waals surface area contributed by atoms with Crippen LogP contribution in [0.25, 0.3) is 11.0 Å². The molecule has 0 saturated heterocycles. The zero-order valence-corrected chi connectivity index (χ0v) is 15.9. The molecule has 0 spiro atoms. The van der Waals surface area contributed by atoms with E-state index in [0.29, 0.717) is 17.1 Å². The molecule has 0 atom stereocenters. The van der Waals surface area contributed by atoms with Gasteiger partial charge in [-0.2, -0.15) is 0 Å². The van der Waals surface area contributed by atoms with Crippen LogP contribution in [0, 0.1) is 12.7 Å². The van der Waals surface area contributed by atoms with Gasteiger partial charge in [-0.15, -0.1) is 0 Å². The van der Waals surface area contributed by atoms with Crippen LogP contribution in [-0.4, -0.2) is 15.5 Å². The Bertz CT molecular complexity index is 1160. The molecule has 0 saturated carbocycles. The molecule has 1 heterocycles. The van der Waals surface area contributed by atoms with Crippen LogP contribution < -0.4 is 10.1 Å². The normalized spacial score (nSPS) is 10.8. The molecule has 0 aliphatic rings. The van der Waals surface area contributed by atoms with E-state index in [1.807, 2.05) is 59.2 Å². The van der Waals surface area contributed by atoms with Crippen LogP contribution in [0.5, 0.6) is 5.75 Å². The van der Waals surface area contributed by atoms with Crippen LogP contribution >= 0.6 is 0 Å². The Balaban J connectivity index is 1.57. The summed E-state index contributed by atoms with van der Waals surface area (Å²) >= 11 is 0. The third-order valence-corrected chi connectivity index (χ3v) is 4.61. The molecule has 4 aromatic rings. The highest BCUT2D eigenvalue weighted by Gasteiger charge is 2.15. The highest BCUT2D eigenvalue weighted by atomic mass is 19.1. The van der Waals surface area contributed by atoms with Crippen molar-refractivity contribution in [2.24, 2.45) is 0 Å². The molecule has 6 heteroatoms. The second-order valence-electron chi connectivity index (χ2n) is 6.71. The maximum Gasteiger partial charge on any atom is 0.244 e. The summed E-state index contributed by atoms with van der Waals surface area (Å²) in [4.78, 5) is 17.3. The number of hydrogen-bond acceptors (Lipinski definition) is 3. The average Bonchev–Trinajstić information content (AvgIpc) is 3.07. The molecule has 146 valence electrons. The molecule has 1 amide bonds. The number of nitrogens with zero attached hydrogens (tertiary/aromatic N) is 2. The predicted octanol–water partition coefficient (Wildman–Crippen LogP) is 4.70. The number of fused-ring (bicyclic) bond motifs is 1. The average molecular weight is 389 g/mol. The molecule has 0 unspecified atom stereocenters. The van der Waals surface area contributed by atoms with E-state index < -0.39 is 0 Å². The lowest BCUT2D eigenvalue weighted by molar-refractivity contribution is -0.116. The summed E-state index contributed by atoms with van der Waals surface area (Å²) in [5.41, 5.74) is 2.90. The van der Waals surface area contributed by atoms with E-state index in [1.165, 1.54) is 12.1 Å². The largest absolute Gasteiger partial charge is 0.486 e. The predicted molar refractivity (Wildman–Crippen MR) is 110 cm³/mol. The highest BCUT2D eigenvalue weighted by molar-refractivity contribution is 5.92. The lowest BCUT2D eigenvalue weighted by atomic mass is 10.2. The van der Waals surface area contributed by atoms with Crippen LogP contribution in [0.15, 0.2) is 72.8 Å². The van der Waals surface area contributed by atoms with Crippen molar-refractivity contribution in [3.05, 3.63) is 90.0 Å². The minimum Gasteiger partial charge on any atom is -0.486 e. The number of imidazole rings is 1. The van der Waals surface area contributed by atoms with Gasteiger partial charge < -0.3 is 14.6 Å². The molecule has 0 bridgehead atoms. The topological polar surface area (TPSA) is 56.2 Å². The number of carbonyl (C=O) groups excluding carboxylic acids is 1. The van der Waals surface area contributed by atoms with Crippen LogP contribution in [0.3, 0.4) is 0 Å². The van der Waals surface area contributed by atoms with Crippen molar-refractivity contribution in [3.63, 3.8) is 0 Å². The summed E-state index contributed by atoms with van der Waals surface area (Å²) in [5, 5.41) is 2.85. The van der Waals surface area contributed by atoms with Crippen molar-refractivity contribution in [2.45, 2.75) is 20.1 Å². The summed E-state index contributed by atoms with van der Waals surface area (Å²) in [6.07, 6.45) is 0. The summed E-state index contributed by atoms with van der Waals surface area (Å²) in [5.74, 6) is 0.837. The second-order valence-corrected chi connectivity index (χ2v) is 6.71. The summed E-state index contributed by atoms with van der Waals surface area (Å²) in [6, 6.07) is 21.4. The van der Waals surface area contributed by atoms with E-state index >= 15 is 0 Å².